The summed E-state index contributed by atoms with van der Waals surface area (Å²) in [5, 5.41) is 9.70. The molecule has 18 heavy (non-hydrogen) atoms. The zero-order chi connectivity index (χ0) is 13.1. The summed E-state index contributed by atoms with van der Waals surface area (Å²) in [5.41, 5.74) is 0.843. The molecule has 1 aromatic heterocycles. The lowest BCUT2D eigenvalue weighted by molar-refractivity contribution is 0.0697. The lowest BCUT2D eigenvalue weighted by atomic mass is 10.2. The van der Waals surface area contributed by atoms with Crippen LogP contribution in [0.25, 0.3) is 0 Å². The van der Waals surface area contributed by atoms with Crippen molar-refractivity contribution in [2.75, 3.05) is 11.9 Å². The van der Waals surface area contributed by atoms with Gasteiger partial charge in [-0.15, -0.1) is 0 Å². The number of hydrogen-bond donors (Lipinski definition) is 1. The number of carboxylic acid groups (broad SMARTS) is 1. The molecule has 0 saturated carbocycles. The molecule has 0 aliphatic rings. The summed E-state index contributed by atoms with van der Waals surface area (Å²) < 4.78 is 0. The second kappa shape index (κ2) is 5.01. The Hall–Kier alpha value is -2.14. The predicted octanol–water partition coefficient (Wildman–Crippen LogP) is 2.60. The topological polar surface area (TPSA) is 66.3 Å². The molecule has 0 atom stereocenters. The Labute approximate surface area is 109 Å². The second-order valence-electron chi connectivity index (χ2n) is 3.60. The summed E-state index contributed by atoms with van der Waals surface area (Å²) in [6.07, 6.45) is 2.59. The molecule has 1 aromatic carbocycles. The number of nitrogens with zero attached hydrogens (tertiary/aromatic N) is 3. The third-order valence-corrected chi connectivity index (χ3v) is 2.71. The van der Waals surface area contributed by atoms with Gasteiger partial charge >= 0.3 is 5.97 Å². The standard InChI is InChI=1S/C12H10ClN3O2/c1-16(9-4-2-8(13)3-5-9)11-10(12(17)18)6-14-7-15-11/h2-7H,1H3,(H,17,18). The van der Waals surface area contributed by atoms with Gasteiger partial charge in [0.15, 0.2) is 5.82 Å². The van der Waals surface area contributed by atoms with Gasteiger partial charge in [0.05, 0.1) is 0 Å². The van der Waals surface area contributed by atoms with Gasteiger partial charge in [-0.25, -0.2) is 14.8 Å². The van der Waals surface area contributed by atoms with Gasteiger partial charge in [0, 0.05) is 24.0 Å². The average molecular weight is 264 g/mol. The first-order valence-corrected chi connectivity index (χ1v) is 5.50. The number of carbonyl (C=O) groups is 1. The van der Waals surface area contributed by atoms with Crippen molar-refractivity contribution in [3.05, 3.63) is 47.4 Å². The largest absolute Gasteiger partial charge is 0.477 e. The minimum absolute atomic E-state index is 0.0509. The van der Waals surface area contributed by atoms with Gasteiger partial charge in [0.2, 0.25) is 0 Å². The maximum absolute atomic E-state index is 11.1. The van der Waals surface area contributed by atoms with Gasteiger partial charge in [-0.2, -0.15) is 0 Å². The van der Waals surface area contributed by atoms with Gasteiger partial charge in [-0.1, -0.05) is 11.6 Å². The molecule has 0 saturated heterocycles. The number of anilines is 2. The maximum atomic E-state index is 11.1. The van der Waals surface area contributed by atoms with Crippen LogP contribution in [-0.2, 0) is 0 Å². The molecule has 0 aliphatic heterocycles. The van der Waals surface area contributed by atoms with E-state index in [1.807, 2.05) is 0 Å². The van der Waals surface area contributed by atoms with Crippen LogP contribution in [0, 0.1) is 0 Å². The predicted molar refractivity (Wildman–Crippen MR) is 68.5 cm³/mol. The summed E-state index contributed by atoms with van der Waals surface area (Å²) >= 11 is 5.81. The van der Waals surface area contributed by atoms with Crippen molar-refractivity contribution >= 4 is 29.1 Å². The molecule has 0 unspecified atom stereocenters. The lowest BCUT2D eigenvalue weighted by Gasteiger charge is -2.19. The Morgan fingerprint density at radius 1 is 1.33 bits per heavy atom. The van der Waals surface area contributed by atoms with Crippen LogP contribution in [0.1, 0.15) is 10.4 Å². The first-order valence-electron chi connectivity index (χ1n) is 5.12. The molecular formula is C12H10ClN3O2. The summed E-state index contributed by atoms with van der Waals surface area (Å²) in [5.74, 6) is -0.730. The first kappa shape index (κ1) is 12.3. The van der Waals surface area contributed by atoms with Crippen LogP contribution in [0.3, 0.4) is 0 Å². The molecule has 0 aliphatic carbocycles. The van der Waals surface area contributed by atoms with Crippen LogP contribution in [0.5, 0.6) is 0 Å². The van der Waals surface area contributed by atoms with E-state index >= 15 is 0 Å². The molecular weight excluding hydrogens is 254 g/mol. The smallest absolute Gasteiger partial charge is 0.341 e. The highest BCUT2D eigenvalue weighted by Crippen LogP contribution is 2.25. The Morgan fingerprint density at radius 3 is 2.61 bits per heavy atom. The van der Waals surface area contributed by atoms with Crippen molar-refractivity contribution in [2.45, 2.75) is 0 Å². The monoisotopic (exact) mass is 263 g/mol. The number of carboxylic acids is 1. The summed E-state index contributed by atoms with van der Waals surface area (Å²) in [6, 6.07) is 7.04. The van der Waals surface area contributed by atoms with E-state index in [2.05, 4.69) is 9.97 Å². The Bertz CT molecular complexity index is 572. The number of halogens is 1. The third-order valence-electron chi connectivity index (χ3n) is 2.45. The average Bonchev–Trinajstić information content (AvgIpc) is 2.39. The van der Waals surface area contributed by atoms with Crippen LogP contribution in [0.15, 0.2) is 36.8 Å². The summed E-state index contributed by atoms with van der Waals surface area (Å²) in [6.45, 7) is 0. The van der Waals surface area contributed by atoms with Crippen LogP contribution < -0.4 is 4.90 Å². The summed E-state index contributed by atoms with van der Waals surface area (Å²) in [7, 11) is 1.73. The minimum atomic E-state index is -1.06. The van der Waals surface area contributed by atoms with Crippen molar-refractivity contribution in [3.8, 4) is 0 Å². The highest BCUT2D eigenvalue weighted by atomic mass is 35.5. The van der Waals surface area contributed by atoms with Gasteiger partial charge in [-0.3, -0.25) is 0 Å². The number of aromatic nitrogens is 2. The highest BCUT2D eigenvalue weighted by Gasteiger charge is 2.16. The molecule has 0 bridgehead atoms. The number of hydrogen-bond acceptors (Lipinski definition) is 4. The van der Waals surface area contributed by atoms with E-state index in [1.54, 1.807) is 36.2 Å². The normalized spacial score (nSPS) is 10.1. The number of benzene rings is 1. The quantitative estimate of drug-likeness (QED) is 0.922. The molecule has 2 rings (SSSR count). The van der Waals surface area contributed by atoms with Crippen LogP contribution in [-0.4, -0.2) is 28.1 Å². The van der Waals surface area contributed by atoms with Gasteiger partial charge in [0.1, 0.15) is 11.9 Å². The molecule has 0 amide bonds. The number of rotatable bonds is 3. The molecule has 5 nitrogen and oxygen atoms in total. The van der Waals surface area contributed by atoms with E-state index < -0.39 is 5.97 Å². The third kappa shape index (κ3) is 2.41. The summed E-state index contributed by atoms with van der Waals surface area (Å²) in [4.78, 5) is 20.5. The molecule has 92 valence electrons. The zero-order valence-corrected chi connectivity index (χ0v) is 10.3. The zero-order valence-electron chi connectivity index (χ0n) is 9.54. The molecule has 0 spiro atoms. The molecule has 2 aromatic rings. The molecule has 1 heterocycles. The molecule has 6 heteroatoms. The van der Waals surface area contributed by atoms with Crippen molar-refractivity contribution in [3.63, 3.8) is 0 Å². The fourth-order valence-corrected chi connectivity index (χ4v) is 1.65. The Kier molecular flexibility index (Phi) is 3.43. The van der Waals surface area contributed by atoms with Gasteiger partial charge < -0.3 is 10.0 Å². The Morgan fingerprint density at radius 2 is 2.00 bits per heavy atom. The van der Waals surface area contributed by atoms with E-state index in [0.29, 0.717) is 10.8 Å². The Balaban J connectivity index is 2.42. The fourth-order valence-electron chi connectivity index (χ4n) is 1.53. The van der Waals surface area contributed by atoms with E-state index in [0.717, 1.165) is 5.69 Å². The van der Waals surface area contributed by atoms with Crippen molar-refractivity contribution < 1.29 is 9.90 Å². The van der Waals surface area contributed by atoms with E-state index in [4.69, 9.17) is 16.7 Å². The second-order valence-corrected chi connectivity index (χ2v) is 4.04. The van der Waals surface area contributed by atoms with Gasteiger partial charge in [0.25, 0.3) is 0 Å². The molecule has 0 fully saturated rings. The van der Waals surface area contributed by atoms with Crippen molar-refractivity contribution in [1.29, 1.82) is 0 Å². The first-order chi connectivity index (χ1) is 8.59. The maximum Gasteiger partial charge on any atom is 0.341 e. The van der Waals surface area contributed by atoms with E-state index in [-0.39, 0.29) is 5.56 Å². The van der Waals surface area contributed by atoms with Gasteiger partial charge in [-0.05, 0) is 24.3 Å². The van der Waals surface area contributed by atoms with Crippen LogP contribution >= 0.6 is 11.6 Å². The van der Waals surface area contributed by atoms with E-state index in [9.17, 15) is 4.79 Å². The van der Waals surface area contributed by atoms with Crippen LogP contribution in [0.2, 0.25) is 5.02 Å². The number of aromatic carboxylic acids is 1. The van der Waals surface area contributed by atoms with Crippen molar-refractivity contribution in [2.24, 2.45) is 0 Å². The van der Waals surface area contributed by atoms with Crippen LogP contribution in [0.4, 0.5) is 11.5 Å². The van der Waals surface area contributed by atoms with E-state index in [1.165, 1.54) is 12.5 Å². The SMILES string of the molecule is CN(c1ccc(Cl)cc1)c1ncncc1C(=O)O. The minimum Gasteiger partial charge on any atom is -0.477 e. The lowest BCUT2D eigenvalue weighted by Crippen LogP contribution is -2.16. The highest BCUT2D eigenvalue weighted by molar-refractivity contribution is 6.30. The van der Waals surface area contributed by atoms with Crippen molar-refractivity contribution in [1.82, 2.24) is 9.97 Å². The molecule has 1 N–H and O–H groups in total. The molecule has 0 radical (unpaired) electrons. The fraction of sp³-hybridized carbons (Fsp3) is 0.0833.